The molecule has 0 aromatic heterocycles. The Balaban J connectivity index is 0.000000145. The molecule has 0 amide bonds. The second kappa shape index (κ2) is 15.5. The van der Waals surface area contributed by atoms with Crippen LogP contribution in [0.25, 0.3) is 21.5 Å². The SMILES string of the molecule is CCC1=[C-]C(CC)C(CC)=C1CC.Cc1ccc2c(c1)[cH-]c1cc(C)ccc12.[Zr+2]=[C](c1ccccc1)c1ccccc1. The molecule has 1 aliphatic carbocycles. The van der Waals surface area contributed by atoms with E-state index in [1.54, 1.807) is 11.1 Å². The molecule has 0 radical (unpaired) electrons. The van der Waals surface area contributed by atoms with Crippen molar-refractivity contribution in [3.63, 3.8) is 0 Å². The molecule has 0 aliphatic heterocycles. The summed E-state index contributed by atoms with van der Waals surface area (Å²) in [6.45, 7) is 13.3. The first-order chi connectivity index (χ1) is 20.4. The molecular weight excluding hydrogens is 584 g/mol. The molecule has 0 saturated heterocycles. The predicted octanol–water partition coefficient (Wildman–Crippen LogP) is 11.4. The molecular formula is C41H44Zr. The Bertz CT molecular complexity index is 1580. The first-order valence-electron chi connectivity index (χ1n) is 15.5. The van der Waals surface area contributed by atoms with Gasteiger partial charge in [0.05, 0.1) is 0 Å². The maximum absolute atomic E-state index is 3.63. The first kappa shape index (κ1) is 31.9. The molecule has 0 N–H and O–H groups in total. The van der Waals surface area contributed by atoms with Gasteiger partial charge >= 0.3 is 99.2 Å². The fourth-order valence-electron chi connectivity index (χ4n) is 5.99. The van der Waals surface area contributed by atoms with Crippen LogP contribution in [-0.2, 0) is 24.2 Å². The van der Waals surface area contributed by atoms with E-state index < -0.39 is 0 Å². The summed E-state index contributed by atoms with van der Waals surface area (Å²) in [4.78, 5) is 0. The van der Waals surface area contributed by atoms with Gasteiger partial charge in [-0.25, -0.2) is 5.57 Å². The fourth-order valence-corrected chi connectivity index (χ4v) is 6.81. The van der Waals surface area contributed by atoms with Gasteiger partial charge in [-0.15, -0.1) is 39.7 Å². The summed E-state index contributed by atoms with van der Waals surface area (Å²) in [7, 11) is 0. The zero-order chi connectivity index (χ0) is 30.1. The van der Waals surface area contributed by atoms with Crippen molar-refractivity contribution in [1.82, 2.24) is 0 Å². The van der Waals surface area contributed by atoms with Crippen LogP contribution in [0.4, 0.5) is 0 Å². The molecule has 0 saturated carbocycles. The molecule has 5 aromatic rings. The van der Waals surface area contributed by atoms with E-state index in [9.17, 15) is 0 Å². The van der Waals surface area contributed by atoms with E-state index in [0.29, 0.717) is 5.92 Å². The maximum atomic E-state index is 3.63. The van der Waals surface area contributed by atoms with Gasteiger partial charge in [0.25, 0.3) is 0 Å². The molecule has 0 spiro atoms. The van der Waals surface area contributed by atoms with Gasteiger partial charge in [-0.3, -0.25) is 6.08 Å². The van der Waals surface area contributed by atoms with Gasteiger partial charge in [0, 0.05) is 0 Å². The monoisotopic (exact) mass is 626 g/mol. The fraction of sp³-hybridized carbons (Fsp3) is 0.268. The topological polar surface area (TPSA) is 0 Å². The molecule has 42 heavy (non-hydrogen) atoms. The molecule has 6 rings (SSSR count). The van der Waals surface area contributed by atoms with E-state index >= 15 is 0 Å². The van der Waals surface area contributed by atoms with E-state index in [4.69, 9.17) is 0 Å². The summed E-state index contributed by atoms with van der Waals surface area (Å²) in [5.74, 6) is 0.634. The molecule has 0 bridgehead atoms. The zero-order valence-electron chi connectivity index (χ0n) is 26.2. The summed E-state index contributed by atoms with van der Waals surface area (Å²) < 4.78 is 1.42. The molecule has 1 aliphatic rings. The van der Waals surface area contributed by atoms with E-state index in [1.165, 1.54) is 96.1 Å². The molecule has 0 fully saturated rings. The van der Waals surface area contributed by atoms with Gasteiger partial charge in [-0.05, 0) is 13.8 Å². The van der Waals surface area contributed by atoms with E-state index in [-0.39, 0.29) is 0 Å². The molecule has 0 nitrogen and oxygen atoms in total. The quantitative estimate of drug-likeness (QED) is 0.164. The summed E-state index contributed by atoms with van der Waals surface area (Å²) in [6, 6.07) is 36.7. The number of aryl methyl sites for hydroxylation is 2. The van der Waals surface area contributed by atoms with Gasteiger partial charge < -0.3 is 0 Å². The van der Waals surface area contributed by atoms with Crippen LogP contribution in [-0.4, -0.2) is 3.21 Å². The number of hydrogen-bond donors (Lipinski definition) is 0. The molecule has 1 unspecified atom stereocenters. The van der Waals surface area contributed by atoms with Crippen molar-refractivity contribution in [2.75, 3.05) is 0 Å². The summed E-state index contributed by atoms with van der Waals surface area (Å²) in [6.07, 6.45) is 8.41. The van der Waals surface area contributed by atoms with Crippen molar-refractivity contribution in [2.45, 2.75) is 67.2 Å². The molecule has 5 aromatic carbocycles. The van der Waals surface area contributed by atoms with Crippen LogP contribution in [0.2, 0.25) is 0 Å². The molecule has 212 valence electrons. The van der Waals surface area contributed by atoms with Gasteiger partial charge in [-0.1, -0.05) is 94.7 Å². The number of allylic oxidation sites excluding steroid dienone is 4. The van der Waals surface area contributed by atoms with Crippen molar-refractivity contribution in [3.8, 4) is 0 Å². The van der Waals surface area contributed by atoms with Crippen LogP contribution in [0.5, 0.6) is 0 Å². The third-order valence-electron chi connectivity index (χ3n) is 8.16. The van der Waals surface area contributed by atoms with Gasteiger partial charge in [0.1, 0.15) is 0 Å². The van der Waals surface area contributed by atoms with Crippen LogP contribution in [0.3, 0.4) is 0 Å². The Hall–Kier alpha value is -3.02. The predicted molar refractivity (Wildman–Crippen MR) is 181 cm³/mol. The Morgan fingerprint density at radius 2 is 1.17 bits per heavy atom. The average molecular weight is 628 g/mol. The summed E-state index contributed by atoms with van der Waals surface area (Å²) >= 11 is 1.46. The Kier molecular flexibility index (Phi) is 11.7. The average Bonchev–Trinajstić information content (AvgIpc) is 3.58. The van der Waals surface area contributed by atoms with Crippen LogP contribution in [0, 0.1) is 25.8 Å². The van der Waals surface area contributed by atoms with Crippen molar-refractivity contribution >= 4 is 24.8 Å². The minimum absolute atomic E-state index is 0.634. The van der Waals surface area contributed by atoms with Crippen LogP contribution < -0.4 is 0 Å². The summed E-state index contributed by atoms with van der Waals surface area (Å²) in [5, 5.41) is 5.46. The molecule has 0 heterocycles. The molecule has 1 heteroatoms. The Morgan fingerprint density at radius 3 is 1.57 bits per heavy atom. The number of hydrogen-bond acceptors (Lipinski definition) is 0. The number of rotatable bonds is 6. The van der Waals surface area contributed by atoms with Crippen molar-refractivity contribution in [1.29, 1.82) is 0 Å². The van der Waals surface area contributed by atoms with Gasteiger partial charge in [-0.2, -0.15) is 11.1 Å². The van der Waals surface area contributed by atoms with Crippen LogP contribution in [0.15, 0.2) is 120 Å². The third kappa shape index (κ3) is 7.68. The van der Waals surface area contributed by atoms with Crippen LogP contribution in [0.1, 0.15) is 75.6 Å². The van der Waals surface area contributed by atoms with Crippen molar-refractivity contribution < 1.29 is 24.2 Å². The Labute approximate surface area is 268 Å². The van der Waals surface area contributed by atoms with E-state index in [1.807, 2.05) is 0 Å². The van der Waals surface area contributed by atoms with Crippen molar-refractivity contribution in [2.24, 2.45) is 5.92 Å². The second-order valence-corrected chi connectivity index (χ2v) is 12.3. The van der Waals surface area contributed by atoms with E-state index in [0.717, 1.165) is 6.42 Å². The first-order valence-corrected chi connectivity index (χ1v) is 16.7. The number of benzene rings is 4. The van der Waals surface area contributed by atoms with Crippen molar-refractivity contribution in [3.05, 3.63) is 148 Å². The minimum atomic E-state index is 0.634. The summed E-state index contributed by atoms with van der Waals surface area (Å²) in [5.41, 5.74) is 10.1. The van der Waals surface area contributed by atoms with Crippen LogP contribution >= 0.6 is 0 Å². The third-order valence-corrected chi connectivity index (χ3v) is 9.58. The van der Waals surface area contributed by atoms with Gasteiger partial charge in [0.15, 0.2) is 0 Å². The number of fused-ring (bicyclic) bond motifs is 3. The second-order valence-electron chi connectivity index (χ2n) is 11.1. The zero-order valence-corrected chi connectivity index (χ0v) is 28.7. The Morgan fingerprint density at radius 1 is 0.667 bits per heavy atom. The normalized spacial score (nSPS) is 14.3. The molecule has 1 atom stereocenters. The van der Waals surface area contributed by atoms with E-state index in [2.05, 4.69) is 151 Å². The van der Waals surface area contributed by atoms with Gasteiger partial charge in [0.2, 0.25) is 0 Å². The standard InChI is InChI=1S/C15H13.C13H10.C13H21.Zr/c1-10-3-5-14-12(7-10)9-13-8-11(2)4-6-15(13)14;1-3-7-12(8-4-1)11-13-9-5-2-6-10-13;1-5-10-9-11(6-2)13(8-4)12(10)7-3;/h3-9H,1-2H3;1-10H;10H,5-8H2,1-4H3;/q-1;;-1;+2.